The van der Waals surface area contributed by atoms with Gasteiger partial charge < -0.3 is 20.9 Å². The number of hydrogen-bond acceptors (Lipinski definition) is 5. The Labute approximate surface area is 143 Å². The Hall–Kier alpha value is -1.39. The van der Waals surface area contributed by atoms with E-state index in [1.54, 1.807) is 24.3 Å². The molecule has 1 aromatic rings. The number of carbonyl (C=O) groups is 2. The van der Waals surface area contributed by atoms with Crippen LogP contribution >= 0.6 is 22.9 Å². The normalized spacial score (nSPS) is 11.7. The van der Waals surface area contributed by atoms with Gasteiger partial charge in [-0.1, -0.05) is 18.6 Å². The number of anilines is 1. The summed E-state index contributed by atoms with van der Waals surface area (Å²) in [6.07, 6.45) is 1.18. The van der Waals surface area contributed by atoms with E-state index in [1.807, 2.05) is 22.9 Å². The van der Waals surface area contributed by atoms with Gasteiger partial charge in [0.25, 0.3) is 0 Å². The second-order valence-corrected chi connectivity index (χ2v) is 5.31. The molecule has 0 aliphatic heterocycles. The Morgan fingerprint density at radius 2 is 1.95 bits per heavy atom. The third-order valence-corrected chi connectivity index (χ3v) is 3.73. The number of amides is 1. The Kier molecular flexibility index (Phi) is 8.78. The zero-order chi connectivity index (χ0) is 16.4. The molecular weight excluding hydrogens is 401 g/mol. The number of carbonyl (C=O) groups excluding carboxylic acids is 1. The zero-order valence-corrected chi connectivity index (χ0v) is 14.2. The topological polar surface area (TPSA) is 114 Å². The first-order valence-corrected chi connectivity index (χ1v) is 7.96. The Morgan fingerprint density at radius 3 is 2.50 bits per heavy atom. The maximum absolute atomic E-state index is 12.1. The summed E-state index contributed by atoms with van der Waals surface area (Å²) in [6.45, 7) is 0.607. The molecule has 0 fully saturated rings. The molecule has 1 aromatic carbocycles. The lowest BCUT2D eigenvalue weighted by Crippen LogP contribution is -2.35. The minimum Gasteiger partial charge on any atom is -0.450 e. The molecule has 0 radical (unpaired) electrons. The van der Waals surface area contributed by atoms with Crippen molar-refractivity contribution in [3.63, 3.8) is 0 Å². The maximum atomic E-state index is 12.1. The van der Waals surface area contributed by atoms with Crippen LogP contribution in [0.3, 0.4) is 0 Å². The van der Waals surface area contributed by atoms with Crippen LogP contribution in [0, 0.1) is 0 Å². The predicted molar refractivity (Wildman–Crippen MR) is 91.7 cm³/mol. The monoisotopic (exact) mass is 421 g/mol. The molecule has 0 saturated carbocycles. The summed E-state index contributed by atoms with van der Waals surface area (Å²) in [5, 5.41) is 11.2. The van der Waals surface area contributed by atoms with E-state index >= 15 is 0 Å². The van der Waals surface area contributed by atoms with Crippen molar-refractivity contribution in [2.24, 2.45) is 5.73 Å². The summed E-state index contributed by atoms with van der Waals surface area (Å²) >= 11 is 1.97. The van der Waals surface area contributed by atoms with E-state index in [1.165, 1.54) is 0 Å². The van der Waals surface area contributed by atoms with Crippen LogP contribution in [0.5, 0.6) is 0 Å². The largest absolute Gasteiger partial charge is 0.506 e. The molecule has 7 nitrogen and oxygen atoms in total. The lowest BCUT2D eigenvalue weighted by molar-refractivity contribution is -0.117. The molecule has 0 spiro atoms. The van der Waals surface area contributed by atoms with Crippen molar-refractivity contribution in [3.8, 4) is 0 Å². The highest BCUT2D eigenvalue weighted by Crippen LogP contribution is 2.12. The Morgan fingerprint density at radius 1 is 1.27 bits per heavy atom. The zero-order valence-electron chi connectivity index (χ0n) is 12.0. The third kappa shape index (κ3) is 7.05. The summed E-state index contributed by atoms with van der Waals surface area (Å²) in [4.78, 5) is 22.4. The average Bonchev–Trinajstić information content (AvgIpc) is 2.50. The Balaban J connectivity index is 2.50. The van der Waals surface area contributed by atoms with E-state index < -0.39 is 6.16 Å². The van der Waals surface area contributed by atoms with Crippen molar-refractivity contribution in [3.05, 3.63) is 29.8 Å². The van der Waals surface area contributed by atoms with E-state index in [0.717, 1.165) is 19.3 Å². The highest BCUT2D eigenvalue weighted by atomic mass is 127. The van der Waals surface area contributed by atoms with Gasteiger partial charge >= 0.3 is 6.16 Å². The third-order valence-electron chi connectivity index (χ3n) is 2.98. The van der Waals surface area contributed by atoms with Gasteiger partial charge in [-0.25, -0.2) is 8.32 Å². The number of nitrogens with one attached hydrogen (secondary N) is 2. The van der Waals surface area contributed by atoms with E-state index in [9.17, 15) is 9.59 Å². The molecule has 122 valence electrons. The first-order chi connectivity index (χ1) is 10.6. The van der Waals surface area contributed by atoms with Crippen LogP contribution < -0.4 is 14.6 Å². The van der Waals surface area contributed by atoms with Crippen LogP contribution in [0.25, 0.3) is 0 Å². The van der Waals surface area contributed by atoms with E-state index in [-0.39, 0.29) is 18.6 Å². The van der Waals surface area contributed by atoms with Crippen molar-refractivity contribution >= 4 is 40.6 Å². The van der Waals surface area contributed by atoms with E-state index in [0.29, 0.717) is 17.8 Å². The first-order valence-electron chi connectivity index (χ1n) is 6.88. The van der Waals surface area contributed by atoms with Gasteiger partial charge in [-0.3, -0.25) is 4.79 Å². The molecule has 0 aliphatic carbocycles. The number of rotatable bonds is 9. The molecule has 0 saturated heterocycles. The number of hydrogen-bond donors (Lipinski definition) is 4. The van der Waals surface area contributed by atoms with Crippen LogP contribution in [-0.4, -0.2) is 29.8 Å². The summed E-state index contributed by atoms with van der Waals surface area (Å²) in [5.41, 5.74) is 6.81. The molecule has 8 heteroatoms. The van der Waals surface area contributed by atoms with Gasteiger partial charge in [0.2, 0.25) is 5.91 Å². The molecule has 1 rings (SSSR count). The number of carboxylic acid groups (broad SMARTS) is 1. The number of unbranched alkanes of at least 4 members (excludes halogenated alkanes) is 1. The standard InChI is InChI=1S/C14H20IN3O4/c15-18-12(3-1-2-8-16)13(19)17-11-6-4-10(5-7-11)9-22-14(20)21/h4-7,12,18H,1-3,8-9,16H2,(H,17,19)(H,20,21)/t12-/m0/s1. The summed E-state index contributed by atoms with van der Waals surface area (Å²) in [6, 6.07) is 6.56. The van der Waals surface area contributed by atoms with Crippen LogP contribution in [-0.2, 0) is 16.1 Å². The summed E-state index contributed by atoms with van der Waals surface area (Å²) < 4.78 is 7.42. The molecule has 0 heterocycles. The maximum Gasteiger partial charge on any atom is 0.506 e. The fourth-order valence-corrected chi connectivity index (χ4v) is 2.38. The first kappa shape index (κ1) is 18.7. The summed E-state index contributed by atoms with van der Waals surface area (Å²) in [7, 11) is 0. The van der Waals surface area contributed by atoms with Crippen molar-refractivity contribution < 1.29 is 19.4 Å². The minimum absolute atomic E-state index is 0.0133. The Bertz CT molecular complexity index is 481. The molecule has 5 N–H and O–H groups in total. The average molecular weight is 421 g/mol. The van der Waals surface area contributed by atoms with Gasteiger partial charge in [-0.2, -0.15) is 0 Å². The smallest absolute Gasteiger partial charge is 0.450 e. The van der Waals surface area contributed by atoms with E-state index in [4.69, 9.17) is 10.8 Å². The lowest BCUT2D eigenvalue weighted by Gasteiger charge is -2.15. The molecule has 0 unspecified atom stereocenters. The van der Waals surface area contributed by atoms with Gasteiger partial charge in [0.05, 0.1) is 6.04 Å². The molecule has 1 atom stereocenters. The highest BCUT2D eigenvalue weighted by Gasteiger charge is 2.16. The predicted octanol–water partition coefficient (Wildman–Crippen LogP) is 2.26. The van der Waals surface area contributed by atoms with Crippen molar-refractivity contribution in [2.75, 3.05) is 11.9 Å². The summed E-state index contributed by atoms with van der Waals surface area (Å²) in [5.74, 6) is -0.110. The van der Waals surface area contributed by atoms with Gasteiger partial charge in [0, 0.05) is 28.6 Å². The molecule has 0 bridgehead atoms. The van der Waals surface area contributed by atoms with E-state index in [2.05, 4.69) is 13.6 Å². The van der Waals surface area contributed by atoms with Crippen molar-refractivity contribution in [1.29, 1.82) is 0 Å². The van der Waals surface area contributed by atoms with Crippen LogP contribution in [0.15, 0.2) is 24.3 Å². The number of ether oxygens (including phenoxy) is 1. The quantitative estimate of drug-likeness (QED) is 0.211. The van der Waals surface area contributed by atoms with Crippen molar-refractivity contribution in [2.45, 2.75) is 31.9 Å². The van der Waals surface area contributed by atoms with Gasteiger partial charge in [0.1, 0.15) is 6.61 Å². The van der Waals surface area contributed by atoms with Crippen molar-refractivity contribution in [1.82, 2.24) is 3.53 Å². The number of nitrogens with two attached hydrogens (primary N) is 1. The molecule has 22 heavy (non-hydrogen) atoms. The molecule has 1 amide bonds. The fourth-order valence-electron chi connectivity index (χ4n) is 1.79. The highest BCUT2D eigenvalue weighted by molar-refractivity contribution is 14.1. The SMILES string of the molecule is NCCCC[C@H](NI)C(=O)Nc1ccc(COC(=O)O)cc1. The van der Waals surface area contributed by atoms with Gasteiger partial charge in [-0.15, -0.1) is 0 Å². The second kappa shape index (κ2) is 10.4. The fraction of sp³-hybridized carbons (Fsp3) is 0.429. The van der Waals surface area contributed by atoms with Crippen LogP contribution in [0.1, 0.15) is 24.8 Å². The van der Waals surface area contributed by atoms with Crippen LogP contribution in [0.2, 0.25) is 0 Å². The van der Waals surface area contributed by atoms with Gasteiger partial charge in [-0.05, 0) is 37.1 Å². The lowest BCUT2D eigenvalue weighted by atomic mass is 10.1. The minimum atomic E-state index is -1.31. The van der Waals surface area contributed by atoms with Gasteiger partial charge in [0.15, 0.2) is 0 Å². The molecule has 0 aromatic heterocycles. The number of benzene rings is 1. The van der Waals surface area contributed by atoms with Crippen LogP contribution in [0.4, 0.5) is 10.5 Å². The number of halogens is 1. The molecular formula is C14H20IN3O4. The molecule has 0 aliphatic rings. The second-order valence-electron chi connectivity index (χ2n) is 4.69.